The molecule has 0 saturated carbocycles. The third kappa shape index (κ3) is 4.11. The van der Waals surface area contributed by atoms with Crippen LogP contribution in [0.1, 0.15) is 10.6 Å². The van der Waals surface area contributed by atoms with Crippen molar-refractivity contribution in [1.29, 1.82) is 5.26 Å². The summed E-state index contributed by atoms with van der Waals surface area (Å²) in [6, 6.07) is 13.4. The molecule has 0 fully saturated rings. The van der Waals surface area contributed by atoms with E-state index < -0.39 is 0 Å². The molecule has 3 rings (SSSR count). The number of nitrogens with one attached hydrogen (secondary N) is 1. The highest BCUT2D eigenvalue weighted by molar-refractivity contribution is 7.11. The number of allylic oxidation sites excluding steroid dienone is 1. The summed E-state index contributed by atoms with van der Waals surface area (Å²) in [4.78, 5) is 4.60. The van der Waals surface area contributed by atoms with Gasteiger partial charge in [-0.25, -0.2) is 4.98 Å². The standard InChI is InChI=1S/C21H18ClN3O2S/c1-13-16(22)5-4-6-17(13)24-11-15(10-23)21-25-18(12-28-21)14-7-8-19(26-2)20(9-14)27-3/h4-9,11-12,24H,1-3H3/b15-11-. The fraction of sp³-hybridized carbons (Fsp3) is 0.143. The number of hydrogen-bond acceptors (Lipinski definition) is 6. The highest BCUT2D eigenvalue weighted by Crippen LogP contribution is 2.33. The minimum Gasteiger partial charge on any atom is -0.493 e. The lowest BCUT2D eigenvalue weighted by Gasteiger charge is -2.08. The molecule has 5 nitrogen and oxygen atoms in total. The molecule has 0 unspecified atom stereocenters. The lowest BCUT2D eigenvalue weighted by molar-refractivity contribution is 0.355. The second kappa shape index (κ2) is 8.79. The van der Waals surface area contributed by atoms with Crippen LogP contribution in [0.15, 0.2) is 48.0 Å². The molecule has 0 atom stereocenters. The van der Waals surface area contributed by atoms with E-state index in [1.165, 1.54) is 11.3 Å². The average molecular weight is 412 g/mol. The molecule has 7 heteroatoms. The quantitative estimate of drug-likeness (QED) is 0.522. The Morgan fingerprint density at radius 3 is 2.71 bits per heavy atom. The molecule has 0 radical (unpaired) electrons. The molecular formula is C21H18ClN3O2S. The number of anilines is 1. The number of nitrogens with zero attached hydrogens (tertiary/aromatic N) is 2. The molecule has 1 N–H and O–H groups in total. The number of ether oxygens (including phenoxy) is 2. The van der Waals surface area contributed by atoms with Crippen molar-refractivity contribution in [2.45, 2.75) is 6.92 Å². The predicted molar refractivity (Wildman–Crippen MR) is 114 cm³/mol. The number of aromatic nitrogens is 1. The number of rotatable bonds is 6. The van der Waals surface area contributed by atoms with Crippen LogP contribution >= 0.6 is 22.9 Å². The van der Waals surface area contributed by atoms with Crippen LogP contribution in [0.25, 0.3) is 16.8 Å². The smallest absolute Gasteiger partial charge is 0.161 e. The zero-order chi connectivity index (χ0) is 20.1. The second-order valence-electron chi connectivity index (χ2n) is 5.83. The molecule has 0 aliphatic rings. The van der Waals surface area contributed by atoms with Gasteiger partial charge in [-0.05, 0) is 42.8 Å². The van der Waals surface area contributed by atoms with Gasteiger partial charge in [-0.3, -0.25) is 0 Å². The van der Waals surface area contributed by atoms with Crippen LogP contribution < -0.4 is 14.8 Å². The normalized spacial score (nSPS) is 11.0. The molecule has 0 saturated heterocycles. The third-order valence-corrected chi connectivity index (χ3v) is 5.46. The van der Waals surface area contributed by atoms with Crippen LogP contribution in [0.5, 0.6) is 11.5 Å². The van der Waals surface area contributed by atoms with Crippen LogP contribution in [0, 0.1) is 18.3 Å². The Labute approximate surface area is 172 Å². The van der Waals surface area contributed by atoms with E-state index in [9.17, 15) is 5.26 Å². The highest BCUT2D eigenvalue weighted by Gasteiger charge is 2.12. The highest BCUT2D eigenvalue weighted by atomic mass is 35.5. The maximum absolute atomic E-state index is 9.56. The third-order valence-electron chi connectivity index (χ3n) is 4.17. The summed E-state index contributed by atoms with van der Waals surface area (Å²) in [5.41, 5.74) is 3.85. The summed E-state index contributed by atoms with van der Waals surface area (Å²) in [5.74, 6) is 1.28. The number of nitriles is 1. The number of halogens is 1. The number of hydrogen-bond donors (Lipinski definition) is 1. The van der Waals surface area contributed by atoms with Gasteiger partial charge in [-0.1, -0.05) is 17.7 Å². The van der Waals surface area contributed by atoms with Crippen LogP contribution in [0.4, 0.5) is 5.69 Å². The second-order valence-corrected chi connectivity index (χ2v) is 7.10. The van der Waals surface area contributed by atoms with Gasteiger partial charge < -0.3 is 14.8 Å². The maximum Gasteiger partial charge on any atom is 0.161 e. The van der Waals surface area contributed by atoms with Gasteiger partial charge in [0.25, 0.3) is 0 Å². The van der Waals surface area contributed by atoms with Crippen molar-refractivity contribution < 1.29 is 9.47 Å². The van der Waals surface area contributed by atoms with E-state index in [0.29, 0.717) is 27.1 Å². The first-order valence-electron chi connectivity index (χ1n) is 8.37. The lowest BCUT2D eigenvalue weighted by atomic mass is 10.1. The molecular weight excluding hydrogens is 394 g/mol. The van der Waals surface area contributed by atoms with Crippen LogP contribution in [-0.4, -0.2) is 19.2 Å². The van der Waals surface area contributed by atoms with Gasteiger partial charge in [-0.15, -0.1) is 11.3 Å². The van der Waals surface area contributed by atoms with Gasteiger partial charge in [0.05, 0.1) is 19.9 Å². The van der Waals surface area contributed by atoms with Crippen molar-refractivity contribution in [3.05, 3.63) is 63.6 Å². The number of methoxy groups -OCH3 is 2. The first-order chi connectivity index (χ1) is 13.6. The minimum atomic E-state index is 0.441. The van der Waals surface area contributed by atoms with Crippen molar-refractivity contribution in [3.8, 4) is 28.8 Å². The molecule has 0 spiro atoms. The molecule has 1 heterocycles. The van der Waals surface area contributed by atoms with Gasteiger partial charge in [0.1, 0.15) is 16.6 Å². The average Bonchev–Trinajstić information content (AvgIpc) is 3.21. The van der Waals surface area contributed by atoms with Gasteiger partial charge in [0.2, 0.25) is 0 Å². The van der Waals surface area contributed by atoms with Crippen LogP contribution in [-0.2, 0) is 0 Å². The lowest BCUT2D eigenvalue weighted by Crippen LogP contribution is -1.94. The first kappa shape index (κ1) is 19.7. The largest absolute Gasteiger partial charge is 0.493 e. The molecule has 28 heavy (non-hydrogen) atoms. The Kier molecular flexibility index (Phi) is 6.19. The van der Waals surface area contributed by atoms with E-state index in [0.717, 1.165) is 22.5 Å². The zero-order valence-corrected chi connectivity index (χ0v) is 17.2. The Morgan fingerprint density at radius 1 is 1.21 bits per heavy atom. The first-order valence-corrected chi connectivity index (χ1v) is 9.63. The monoisotopic (exact) mass is 411 g/mol. The molecule has 2 aromatic carbocycles. The van der Waals surface area contributed by atoms with E-state index in [4.69, 9.17) is 21.1 Å². The van der Waals surface area contributed by atoms with Gasteiger partial charge in [0, 0.05) is 27.9 Å². The summed E-state index contributed by atoms with van der Waals surface area (Å²) in [7, 11) is 3.19. The molecule has 0 aliphatic carbocycles. The van der Waals surface area contributed by atoms with Crippen molar-refractivity contribution >= 4 is 34.2 Å². The van der Waals surface area contributed by atoms with Crippen molar-refractivity contribution in [2.75, 3.05) is 19.5 Å². The van der Waals surface area contributed by atoms with Crippen molar-refractivity contribution in [1.82, 2.24) is 4.98 Å². The van der Waals surface area contributed by atoms with E-state index in [-0.39, 0.29) is 0 Å². The zero-order valence-electron chi connectivity index (χ0n) is 15.6. The van der Waals surface area contributed by atoms with Crippen molar-refractivity contribution in [3.63, 3.8) is 0 Å². The number of thiazole rings is 1. The fourth-order valence-electron chi connectivity index (χ4n) is 2.58. The Hall–Kier alpha value is -3.01. The summed E-state index contributed by atoms with van der Waals surface area (Å²) >= 11 is 7.55. The molecule has 0 bridgehead atoms. The minimum absolute atomic E-state index is 0.441. The topological polar surface area (TPSA) is 67.2 Å². The van der Waals surface area contributed by atoms with Crippen molar-refractivity contribution in [2.24, 2.45) is 0 Å². The van der Waals surface area contributed by atoms with Crippen LogP contribution in [0.2, 0.25) is 5.02 Å². The Morgan fingerprint density at radius 2 is 2.00 bits per heavy atom. The molecule has 1 aromatic heterocycles. The Balaban J connectivity index is 1.87. The van der Waals surface area contributed by atoms with E-state index in [1.807, 2.05) is 48.7 Å². The predicted octanol–water partition coefficient (Wildman–Crippen LogP) is 5.77. The van der Waals surface area contributed by atoms with Gasteiger partial charge in [-0.2, -0.15) is 5.26 Å². The SMILES string of the molecule is COc1ccc(-c2csc(/C(C#N)=C\Nc3cccc(Cl)c3C)n2)cc1OC. The van der Waals surface area contributed by atoms with E-state index in [2.05, 4.69) is 16.4 Å². The summed E-state index contributed by atoms with van der Waals surface area (Å²) in [6.45, 7) is 1.92. The van der Waals surface area contributed by atoms with Gasteiger partial charge >= 0.3 is 0 Å². The molecule has 0 aliphatic heterocycles. The number of benzene rings is 2. The Bertz CT molecular complexity index is 1070. The van der Waals surface area contributed by atoms with E-state index >= 15 is 0 Å². The molecule has 142 valence electrons. The maximum atomic E-state index is 9.56. The summed E-state index contributed by atoms with van der Waals surface area (Å²) in [6.07, 6.45) is 1.65. The molecule has 0 amide bonds. The van der Waals surface area contributed by atoms with E-state index in [1.54, 1.807) is 20.4 Å². The van der Waals surface area contributed by atoms with Crippen LogP contribution in [0.3, 0.4) is 0 Å². The van der Waals surface area contributed by atoms with Gasteiger partial charge in [0.15, 0.2) is 11.5 Å². The summed E-state index contributed by atoms with van der Waals surface area (Å²) < 4.78 is 10.6. The molecule has 3 aromatic rings. The summed E-state index contributed by atoms with van der Waals surface area (Å²) in [5, 5.41) is 15.9. The fourth-order valence-corrected chi connectivity index (χ4v) is 3.55.